The number of hydrogen-bond donors (Lipinski definition) is 1. The number of aryl methyl sites for hydroxylation is 1. The number of nitrogens with one attached hydrogen (secondary N) is 1. The Morgan fingerprint density at radius 3 is 2.38 bits per heavy atom. The van der Waals surface area contributed by atoms with Crippen LogP contribution in [0.4, 0.5) is 11.4 Å². The lowest BCUT2D eigenvalue weighted by Crippen LogP contribution is -2.47. The van der Waals surface area contributed by atoms with E-state index in [1.807, 2.05) is 19.2 Å². The Kier molecular flexibility index (Phi) is 7.83. The number of ether oxygens (including phenoxy) is 1. The summed E-state index contributed by atoms with van der Waals surface area (Å²) in [6.45, 7) is 12.4. The Hall–Kier alpha value is -2.99. The van der Waals surface area contributed by atoms with Crippen molar-refractivity contribution in [3.8, 4) is 11.4 Å². The van der Waals surface area contributed by atoms with Crippen molar-refractivity contribution >= 4 is 38.5 Å². The molecular weight excluding hydrogens is 560 g/mol. The van der Waals surface area contributed by atoms with Crippen LogP contribution in [-0.2, 0) is 11.3 Å². The quantitative estimate of drug-likeness (QED) is 0.327. The summed E-state index contributed by atoms with van der Waals surface area (Å²) in [6, 6.07) is 10.7. The summed E-state index contributed by atoms with van der Waals surface area (Å²) >= 11 is 3.76. The molecule has 206 valence electrons. The summed E-state index contributed by atoms with van der Waals surface area (Å²) < 4.78 is 11.4. The summed E-state index contributed by atoms with van der Waals surface area (Å²) in [7, 11) is 1.76. The van der Waals surface area contributed by atoms with Crippen molar-refractivity contribution in [2.45, 2.75) is 13.5 Å². The molecule has 11 heteroatoms. The molecule has 0 radical (unpaired) electrons. The molecule has 2 fully saturated rings. The van der Waals surface area contributed by atoms with E-state index in [-0.39, 0.29) is 0 Å². The van der Waals surface area contributed by atoms with E-state index in [4.69, 9.17) is 14.2 Å². The number of imidazole rings is 1. The molecule has 0 spiro atoms. The molecule has 10 nitrogen and oxygen atoms in total. The summed E-state index contributed by atoms with van der Waals surface area (Å²) in [4.78, 5) is 22.8. The number of hydrogen-bond acceptors (Lipinski definition) is 9. The van der Waals surface area contributed by atoms with Crippen LogP contribution < -0.4 is 9.80 Å². The molecule has 1 N–H and O–H groups in total. The zero-order chi connectivity index (χ0) is 26.8. The first-order valence-electron chi connectivity index (χ1n) is 13.6. The Labute approximate surface area is 237 Å². The molecule has 6 rings (SSSR count). The van der Waals surface area contributed by atoms with Gasteiger partial charge in [0.25, 0.3) is 0 Å². The van der Waals surface area contributed by atoms with Crippen LogP contribution in [0.1, 0.15) is 11.5 Å². The zero-order valence-electron chi connectivity index (χ0n) is 22.6. The molecule has 5 heterocycles. The van der Waals surface area contributed by atoms with Gasteiger partial charge in [0.2, 0.25) is 0 Å². The Bertz CT molecular complexity index is 1390. The second-order valence-corrected chi connectivity index (χ2v) is 11.2. The summed E-state index contributed by atoms with van der Waals surface area (Å²) in [5, 5.41) is 4.15. The maximum absolute atomic E-state index is 5.23. The highest BCUT2D eigenvalue weighted by Gasteiger charge is 2.24. The third-order valence-electron chi connectivity index (χ3n) is 7.69. The van der Waals surface area contributed by atoms with E-state index in [0.29, 0.717) is 0 Å². The third-order valence-corrected chi connectivity index (χ3v) is 8.27. The number of pyridine rings is 1. The van der Waals surface area contributed by atoms with Gasteiger partial charge in [0, 0.05) is 96.1 Å². The molecule has 0 amide bonds. The van der Waals surface area contributed by atoms with Gasteiger partial charge in [-0.05, 0) is 47.1 Å². The maximum atomic E-state index is 5.23. The molecule has 4 aromatic rings. The van der Waals surface area contributed by atoms with Gasteiger partial charge in [-0.3, -0.25) is 9.80 Å². The number of aromatic amines is 1. The lowest BCUT2D eigenvalue weighted by Gasteiger charge is -2.36. The van der Waals surface area contributed by atoms with E-state index in [1.165, 1.54) is 5.69 Å². The molecule has 0 saturated carbocycles. The van der Waals surface area contributed by atoms with Gasteiger partial charge >= 0.3 is 0 Å². The summed E-state index contributed by atoms with van der Waals surface area (Å²) in [5.41, 5.74) is 6.13. The number of methoxy groups -OCH3 is 1. The average molecular weight is 596 g/mol. The van der Waals surface area contributed by atoms with Crippen LogP contribution in [0.25, 0.3) is 22.6 Å². The van der Waals surface area contributed by atoms with E-state index in [9.17, 15) is 0 Å². The van der Waals surface area contributed by atoms with E-state index in [2.05, 4.69) is 74.9 Å². The van der Waals surface area contributed by atoms with Gasteiger partial charge in [-0.25, -0.2) is 9.97 Å². The van der Waals surface area contributed by atoms with Gasteiger partial charge in [0.1, 0.15) is 17.1 Å². The predicted molar refractivity (Wildman–Crippen MR) is 156 cm³/mol. The number of piperazine rings is 2. The fourth-order valence-corrected chi connectivity index (χ4v) is 6.05. The Balaban J connectivity index is 1.14. The molecule has 2 aliphatic rings. The van der Waals surface area contributed by atoms with Crippen molar-refractivity contribution in [1.29, 1.82) is 0 Å². The molecule has 2 aliphatic heterocycles. The number of aromatic nitrogens is 4. The molecule has 0 atom stereocenters. The molecule has 3 aromatic heterocycles. The topological polar surface area (TPSA) is 89.8 Å². The van der Waals surface area contributed by atoms with Crippen LogP contribution in [0.15, 0.2) is 45.5 Å². The van der Waals surface area contributed by atoms with Crippen molar-refractivity contribution in [3.05, 3.63) is 52.5 Å². The number of anilines is 2. The SMILES string of the molecule is COCCN1CCN(c2ccc(-c3nc4ncc(Br)c(N5CCN(Cc6cc(C)on6)CC5)c4[nH]3)cc2)CC1. The molecule has 0 bridgehead atoms. The van der Waals surface area contributed by atoms with Crippen molar-refractivity contribution in [2.24, 2.45) is 0 Å². The van der Waals surface area contributed by atoms with Gasteiger partial charge in [-0.1, -0.05) is 5.16 Å². The first-order valence-corrected chi connectivity index (χ1v) is 14.4. The lowest BCUT2D eigenvalue weighted by molar-refractivity contribution is 0.144. The predicted octanol–water partition coefficient (Wildman–Crippen LogP) is 3.77. The first-order chi connectivity index (χ1) is 19.1. The van der Waals surface area contributed by atoms with E-state index >= 15 is 0 Å². The number of rotatable bonds is 8. The first kappa shape index (κ1) is 26.2. The minimum absolute atomic E-state index is 0.736. The van der Waals surface area contributed by atoms with Gasteiger partial charge < -0.3 is 24.0 Å². The minimum atomic E-state index is 0.736. The molecule has 1 aromatic carbocycles. The Morgan fingerprint density at radius 1 is 0.974 bits per heavy atom. The number of H-pyrrole nitrogens is 1. The number of benzene rings is 1. The highest BCUT2D eigenvalue weighted by molar-refractivity contribution is 9.10. The number of halogens is 1. The van der Waals surface area contributed by atoms with Gasteiger partial charge in [-0.15, -0.1) is 0 Å². The maximum Gasteiger partial charge on any atom is 0.180 e. The van der Waals surface area contributed by atoms with Gasteiger partial charge in [-0.2, -0.15) is 0 Å². The van der Waals surface area contributed by atoms with E-state index in [1.54, 1.807) is 7.11 Å². The van der Waals surface area contributed by atoms with Gasteiger partial charge in [0.05, 0.1) is 22.5 Å². The second kappa shape index (κ2) is 11.6. The van der Waals surface area contributed by atoms with Crippen LogP contribution in [0, 0.1) is 6.92 Å². The summed E-state index contributed by atoms with van der Waals surface area (Å²) in [6.07, 6.45) is 1.86. The molecule has 0 aliphatic carbocycles. The van der Waals surface area contributed by atoms with Crippen LogP contribution >= 0.6 is 15.9 Å². The monoisotopic (exact) mass is 594 g/mol. The molecule has 0 unspecified atom stereocenters. The smallest absolute Gasteiger partial charge is 0.180 e. The second-order valence-electron chi connectivity index (χ2n) is 10.3. The van der Waals surface area contributed by atoms with Crippen LogP contribution in [0.5, 0.6) is 0 Å². The average Bonchev–Trinajstić information content (AvgIpc) is 3.59. The van der Waals surface area contributed by atoms with Crippen LogP contribution in [-0.4, -0.2) is 103 Å². The third kappa shape index (κ3) is 5.81. The van der Waals surface area contributed by atoms with Crippen molar-refractivity contribution in [2.75, 3.05) is 82.4 Å². The van der Waals surface area contributed by atoms with Gasteiger partial charge in [0.15, 0.2) is 5.65 Å². The van der Waals surface area contributed by atoms with Crippen LogP contribution in [0.3, 0.4) is 0 Å². The normalized spacial score (nSPS) is 17.4. The summed E-state index contributed by atoms with van der Waals surface area (Å²) in [5.74, 6) is 1.70. The van der Waals surface area contributed by atoms with E-state index in [0.717, 1.165) is 116 Å². The number of fused-ring (bicyclic) bond motifs is 1. The lowest BCUT2D eigenvalue weighted by atomic mass is 10.1. The minimum Gasteiger partial charge on any atom is -0.383 e. The van der Waals surface area contributed by atoms with Crippen molar-refractivity contribution in [3.63, 3.8) is 0 Å². The highest BCUT2D eigenvalue weighted by Crippen LogP contribution is 2.34. The highest BCUT2D eigenvalue weighted by atomic mass is 79.9. The Morgan fingerprint density at radius 2 is 1.69 bits per heavy atom. The standard InChI is InChI=1S/C28H35BrN8O2/c1-20-17-22(33-39-20)19-35-9-13-37(14-10-35)26-24(29)18-30-28-25(26)31-27(32-28)21-3-5-23(6-4-21)36-11-7-34(8-12-36)15-16-38-2/h3-6,17-18H,7-16,19H2,1-2H3,(H,30,31,32). The zero-order valence-corrected chi connectivity index (χ0v) is 24.2. The molecule has 2 saturated heterocycles. The largest absolute Gasteiger partial charge is 0.383 e. The molecular formula is C28H35BrN8O2. The van der Waals surface area contributed by atoms with Crippen molar-refractivity contribution in [1.82, 2.24) is 29.9 Å². The molecule has 39 heavy (non-hydrogen) atoms. The van der Waals surface area contributed by atoms with E-state index < -0.39 is 0 Å². The van der Waals surface area contributed by atoms with Crippen molar-refractivity contribution < 1.29 is 9.26 Å². The fraction of sp³-hybridized carbons (Fsp3) is 0.464. The fourth-order valence-electron chi connectivity index (χ4n) is 5.50. The number of nitrogens with zero attached hydrogens (tertiary/aromatic N) is 7. The van der Waals surface area contributed by atoms with Crippen LogP contribution in [0.2, 0.25) is 0 Å².